The van der Waals surface area contributed by atoms with E-state index in [1.807, 2.05) is 53.2 Å². The van der Waals surface area contributed by atoms with E-state index in [9.17, 15) is 4.79 Å². The number of aromatic nitrogens is 4. The largest absolute Gasteiger partial charge is 0.342 e. The summed E-state index contributed by atoms with van der Waals surface area (Å²) in [4.78, 5) is 14.6. The van der Waals surface area contributed by atoms with E-state index in [1.165, 1.54) is 0 Å². The molecule has 4 rings (SSSR count). The number of amides is 1. The Labute approximate surface area is 153 Å². The van der Waals surface area contributed by atoms with E-state index in [0.717, 1.165) is 43.0 Å². The predicted octanol–water partition coefficient (Wildman–Crippen LogP) is 2.55. The van der Waals surface area contributed by atoms with Gasteiger partial charge in [0, 0.05) is 44.1 Å². The van der Waals surface area contributed by atoms with Crippen molar-refractivity contribution in [2.45, 2.75) is 25.2 Å². The lowest BCUT2D eigenvalue weighted by Gasteiger charge is -2.31. The highest BCUT2D eigenvalue weighted by atomic mass is 16.2. The molecule has 1 aliphatic heterocycles. The average molecular weight is 349 g/mol. The zero-order chi connectivity index (χ0) is 17.9. The highest BCUT2D eigenvalue weighted by Gasteiger charge is 2.26. The molecule has 3 heterocycles. The van der Waals surface area contributed by atoms with Gasteiger partial charge >= 0.3 is 0 Å². The van der Waals surface area contributed by atoms with Gasteiger partial charge in [0.1, 0.15) is 12.2 Å². The summed E-state index contributed by atoms with van der Waals surface area (Å²) in [5, 5.41) is 8.18. The normalized spacial score (nSPS) is 15.3. The van der Waals surface area contributed by atoms with Crippen molar-refractivity contribution in [1.29, 1.82) is 0 Å². The number of hydrogen-bond donors (Lipinski definition) is 0. The maximum Gasteiger partial charge on any atom is 0.226 e. The molecule has 3 aromatic rings. The lowest BCUT2D eigenvalue weighted by atomic mass is 9.95. The van der Waals surface area contributed by atoms with Crippen LogP contribution >= 0.6 is 0 Å². The highest BCUT2D eigenvalue weighted by molar-refractivity contribution is 5.79. The van der Waals surface area contributed by atoms with Crippen LogP contribution in [0.15, 0.2) is 55.1 Å². The summed E-state index contributed by atoms with van der Waals surface area (Å²) in [5.41, 5.74) is 2.16. The summed E-state index contributed by atoms with van der Waals surface area (Å²) >= 11 is 0. The van der Waals surface area contributed by atoms with Crippen molar-refractivity contribution in [2.24, 2.45) is 7.05 Å². The van der Waals surface area contributed by atoms with Crippen LogP contribution in [0.25, 0.3) is 5.69 Å². The van der Waals surface area contributed by atoms with Crippen molar-refractivity contribution in [3.8, 4) is 5.69 Å². The molecule has 0 radical (unpaired) electrons. The van der Waals surface area contributed by atoms with Crippen LogP contribution in [0.4, 0.5) is 0 Å². The number of nitrogens with zero attached hydrogens (tertiary/aromatic N) is 5. The minimum Gasteiger partial charge on any atom is -0.342 e. The summed E-state index contributed by atoms with van der Waals surface area (Å²) in [6.07, 6.45) is 8.13. The Morgan fingerprint density at radius 2 is 1.81 bits per heavy atom. The maximum absolute atomic E-state index is 12.6. The Morgan fingerprint density at radius 1 is 1.12 bits per heavy atom. The second-order valence-corrected chi connectivity index (χ2v) is 6.89. The molecule has 0 aliphatic carbocycles. The number of rotatable bonds is 4. The zero-order valence-corrected chi connectivity index (χ0v) is 15.0. The molecule has 6 heteroatoms. The number of piperidine rings is 1. The molecular formula is C20H23N5O. The van der Waals surface area contributed by atoms with E-state index in [4.69, 9.17) is 0 Å². The van der Waals surface area contributed by atoms with E-state index in [0.29, 0.717) is 12.3 Å². The molecular weight excluding hydrogens is 326 g/mol. The number of benzene rings is 1. The van der Waals surface area contributed by atoms with Crippen molar-refractivity contribution in [3.05, 3.63) is 66.5 Å². The number of likely N-dealkylation sites (tertiary alicyclic amines) is 1. The quantitative estimate of drug-likeness (QED) is 0.727. The molecule has 134 valence electrons. The van der Waals surface area contributed by atoms with E-state index < -0.39 is 0 Å². The summed E-state index contributed by atoms with van der Waals surface area (Å²) < 4.78 is 4.04. The monoisotopic (exact) mass is 349 g/mol. The molecule has 1 aromatic carbocycles. The third-order valence-electron chi connectivity index (χ3n) is 5.15. The number of carbonyl (C=O) groups is 1. The van der Waals surface area contributed by atoms with E-state index >= 15 is 0 Å². The van der Waals surface area contributed by atoms with Gasteiger partial charge in [-0.05, 0) is 42.7 Å². The molecule has 1 saturated heterocycles. The second-order valence-electron chi connectivity index (χ2n) is 6.89. The average Bonchev–Trinajstić information content (AvgIpc) is 3.34. The number of aryl methyl sites for hydroxylation is 1. The Hall–Kier alpha value is -2.89. The van der Waals surface area contributed by atoms with Gasteiger partial charge in [-0.2, -0.15) is 0 Å². The highest BCUT2D eigenvalue weighted by Crippen LogP contribution is 2.26. The Kier molecular flexibility index (Phi) is 4.56. The Bertz CT molecular complexity index is 858. The minimum atomic E-state index is 0.204. The third-order valence-corrected chi connectivity index (χ3v) is 5.15. The lowest BCUT2D eigenvalue weighted by Crippen LogP contribution is -2.39. The van der Waals surface area contributed by atoms with Gasteiger partial charge in [-0.3, -0.25) is 4.79 Å². The fourth-order valence-electron chi connectivity index (χ4n) is 3.63. The first-order valence-electron chi connectivity index (χ1n) is 9.04. The van der Waals surface area contributed by atoms with Gasteiger partial charge in [-0.25, -0.2) is 0 Å². The topological polar surface area (TPSA) is 56.0 Å². The molecule has 0 atom stereocenters. The molecule has 0 bridgehead atoms. The third kappa shape index (κ3) is 3.40. The fraction of sp³-hybridized carbons (Fsp3) is 0.350. The van der Waals surface area contributed by atoms with Crippen molar-refractivity contribution in [3.63, 3.8) is 0 Å². The van der Waals surface area contributed by atoms with Crippen LogP contribution in [-0.2, 0) is 18.3 Å². The fourth-order valence-corrected chi connectivity index (χ4v) is 3.63. The van der Waals surface area contributed by atoms with Crippen LogP contribution < -0.4 is 0 Å². The first-order chi connectivity index (χ1) is 12.7. The van der Waals surface area contributed by atoms with Crippen molar-refractivity contribution in [2.75, 3.05) is 13.1 Å². The molecule has 0 N–H and O–H groups in total. The Balaban J connectivity index is 1.33. The van der Waals surface area contributed by atoms with Crippen LogP contribution in [0.1, 0.15) is 30.1 Å². The molecule has 1 fully saturated rings. The molecule has 2 aromatic heterocycles. The molecule has 0 spiro atoms. The molecule has 1 amide bonds. The lowest BCUT2D eigenvalue weighted by molar-refractivity contribution is -0.131. The predicted molar refractivity (Wildman–Crippen MR) is 99.0 cm³/mol. The van der Waals surface area contributed by atoms with Crippen LogP contribution in [0.3, 0.4) is 0 Å². The van der Waals surface area contributed by atoms with Gasteiger partial charge < -0.3 is 14.0 Å². The van der Waals surface area contributed by atoms with Crippen molar-refractivity contribution >= 4 is 5.91 Å². The summed E-state index contributed by atoms with van der Waals surface area (Å²) in [5.74, 6) is 1.63. The molecule has 1 aliphatic rings. The molecule has 6 nitrogen and oxygen atoms in total. The van der Waals surface area contributed by atoms with Crippen LogP contribution in [0, 0.1) is 0 Å². The van der Waals surface area contributed by atoms with Gasteiger partial charge in [0.15, 0.2) is 0 Å². The standard InChI is InChI=1S/C20H23N5O/c1-23-15-21-22-20(23)17-8-12-25(13-9-17)19(26)14-16-4-6-18(7-5-16)24-10-2-3-11-24/h2-7,10-11,15,17H,8-9,12-14H2,1H3. The number of hydrogen-bond acceptors (Lipinski definition) is 3. The molecule has 26 heavy (non-hydrogen) atoms. The van der Waals surface area contributed by atoms with Gasteiger partial charge in [0.05, 0.1) is 6.42 Å². The zero-order valence-electron chi connectivity index (χ0n) is 15.0. The van der Waals surface area contributed by atoms with Crippen LogP contribution in [0.5, 0.6) is 0 Å². The summed E-state index contributed by atoms with van der Waals surface area (Å²) in [7, 11) is 1.98. The summed E-state index contributed by atoms with van der Waals surface area (Å²) in [6.45, 7) is 1.58. The van der Waals surface area contributed by atoms with Gasteiger partial charge in [-0.15, -0.1) is 10.2 Å². The van der Waals surface area contributed by atoms with Crippen LogP contribution in [-0.4, -0.2) is 43.2 Å². The summed E-state index contributed by atoms with van der Waals surface area (Å²) in [6, 6.07) is 12.2. The molecule has 0 unspecified atom stereocenters. The second kappa shape index (κ2) is 7.15. The van der Waals surface area contributed by atoms with Gasteiger partial charge in [-0.1, -0.05) is 12.1 Å². The first kappa shape index (κ1) is 16.6. The maximum atomic E-state index is 12.6. The van der Waals surface area contributed by atoms with Crippen molar-refractivity contribution < 1.29 is 4.79 Å². The minimum absolute atomic E-state index is 0.204. The SMILES string of the molecule is Cn1cnnc1C1CCN(C(=O)Cc2ccc(-n3cccc3)cc2)CC1. The van der Waals surface area contributed by atoms with Gasteiger partial charge in [0.25, 0.3) is 0 Å². The van der Waals surface area contributed by atoms with E-state index in [-0.39, 0.29) is 5.91 Å². The van der Waals surface area contributed by atoms with Gasteiger partial charge in [0.2, 0.25) is 5.91 Å². The van der Waals surface area contributed by atoms with E-state index in [2.05, 4.69) is 26.9 Å². The van der Waals surface area contributed by atoms with Crippen molar-refractivity contribution in [1.82, 2.24) is 24.2 Å². The Morgan fingerprint density at radius 3 is 2.42 bits per heavy atom. The van der Waals surface area contributed by atoms with Crippen LogP contribution in [0.2, 0.25) is 0 Å². The van der Waals surface area contributed by atoms with E-state index in [1.54, 1.807) is 6.33 Å². The smallest absolute Gasteiger partial charge is 0.226 e. The number of carbonyl (C=O) groups excluding carboxylic acids is 1. The first-order valence-corrected chi connectivity index (χ1v) is 9.04. The molecule has 0 saturated carbocycles.